The maximum absolute atomic E-state index is 13.4. The van der Waals surface area contributed by atoms with Gasteiger partial charge in [0.05, 0.1) is 19.3 Å². The van der Waals surface area contributed by atoms with Gasteiger partial charge in [0.2, 0.25) is 0 Å². The molecular weight excluding hydrogens is 444 g/mol. The summed E-state index contributed by atoms with van der Waals surface area (Å²) in [5, 5.41) is 12.8. The Morgan fingerprint density at radius 2 is 1.77 bits per heavy atom. The highest BCUT2D eigenvalue weighted by atomic mass is 16.6. The largest absolute Gasteiger partial charge is 0.436 e. The van der Waals surface area contributed by atoms with Crippen LogP contribution in [0.3, 0.4) is 0 Å². The van der Waals surface area contributed by atoms with Crippen LogP contribution in [-0.2, 0) is 20.7 Å². The summed E-state index contributed by atoms with van der Waals surface area (Å²) in [6.07, 6.45) is -0.828. The lowest BCUT2D eigenvalue weighted by Gasteiger charge is -2.30. The number of ether oxygens (including phenoxy) is 2. The molecule has 0 aromatic heterocycles. The van der Waals surface area contributed by atoms with Crippen molar-refractivity contribution >= 4 is 12.0 Å². The number of carbonyl (C=O) groups is 2. The number of carbonyl (C=O) groups excluding carboxylic acids is 2. The van der Waals surface area contributed by atoms with E-state index < -0.39 is 23.6 Å². The number of likely N-dealkylation sites (N-methyl/N-ethyl adjacent to an activating group) is 1. The van der Waals surface area contributed by atoms with E-state index in [2.05, 4.69) is 16.3 Å². The number of benzene rings is 2. The number of hydrogen-bond donors (Lipinski definition) is 1. The van der Waals surface area contributed by atoms with E-state index in [9.17, 15) is 14.9 Å². The van der Waals surface area contributed by atoms with Gasteiger partial charge in [0, 0.05) is 32.6 Å². The Labute approximate surface area is 206 Å². The average molecular weight is 477 g/mol. The Morgan fingerprint density at radius 1 is 1.09 bits per heavy atom. The number of amides is 2. The molecule has 0 spiro atoms. The quantitative estimate of drug-likeness (QED) is 0.660. The smallest absolute Gasteiger partial charge is 0.410 e. The van der Waals surface area contributed by atoms with E-state index in [0.717, 1.165) is 29.8 Å². The van der Waals surface area contributed by atoms with Gasteiger partial charge in [0.1, 0.15) is 5.54 Å². The molecule has 2 saturated heterocycles. The van der Waals surface area contributed by atoms with E-state index in [1.807, 2.05) is 61.5 Å². The summed E-state index contributed by atoms with van der Waals surface area (Å²) in [5.74, 6) is -0.446. The lowest BCUT2D eigenvalue weighted by Crippen LogP contribution is -2.54. The van der Waals surface area contributed by atoms with Crippen molar-refractivity contribution in [1.29, 1.82) is 5.26 Å². The van der Waals surface area contributed by atoms with Crippen molar-refractivity contribution in [2.45, 2.75) is 31.4 Å². The van der Waals surface area contributed by atoms with Crippen molar-refractivity contribution < 1.29 is 19.1 Å². The molecule has 2 heterocycles. The van der Waals surface area contributed by atoms with E-state index in [1.54, 1.807) is 4.90 Å². The number of morpholine rings is 1. The van der Waals surface area contributed by atoms with Crippen molar-refractivity contribution in [3.8, 4) is 17.2 Å². The molecule has 0 aliphatic carbocycles. The van der Waals surface area contributed by atoms with E-state index in [0.29, 0.717) is 39.3 Å². The fraction of sp³-hybridized carbons (Fsp3) is 0.444. The normalized spacial score (nSPS) is 21.2. The Kier molecular flexibility index (Phi) is 8.01. The van der Waals surface area contributed by atoms with Crippen LogP contribution < -0.4 is 5.32 Å². The molecule has 184 valence electrons. The number of nitrogens with one attached hydrogen (secondary N) is 1. The molecule has 1 unspecified atom stereocenters. The summed E-state index contributed by atoms with van der Waals surface area (Å²) < 4.78 is 11.0. The van der Waals surface area contributed by atoms with Gasteiger partial charge < -0.3 is 24.6 Å². The van der Waals surface area contributed by atoms with E-state index in [1.165, 1.54) is 0 Å². The van der Waals surface area contributed by atoms with Crippen LogP contribution in [0.4, 0.5) is 4.79 Å². The predicted octanol–water partition coefficient (Wildman–Crippen LogP) is 2.84. The third kappa shape index (κ3) is 6.18. The van der Waals surface area contributed by atoms with Crippen LogP contribution in [0, 0.1) is 11.3 Å². The van der Waals surface area contributed by atoms with Crippen LogP contribution in [-0.4, -0.2) is 79.4 Å². The molecule has 0 radical (unpaired) electrons. The molecule has 35 heavy (non-hydrogen) atoms. The minimum atomic E-state index is -1.05. The Bertz CT molecular complexity index is 1050. The van der Waals surface area contributed by atoms with Crippen molar-refractivity contribution in [3.05, 3.63) is 60.2 Å². The van der Waals surface area contributed by atoms with Crippen LogP contribution in [0.5, 0.6) is 0 Å². The van der Waals surface area contributed by atoms with Crippen LogP contribution in [0.25, 0.3) is 11.1 Å². The molecular formula is C27H32N4O4. The van der Waals surface area contributed by atoms with E-state index in [4.69, 9.17) is 9.47 Å². The van der Waals surface area contributed by atoms with Gasteiger partial charge in [0.15, 0.2) is 6.10 Å². The molecule has 4 rings (SSSR count). The molecule has 1 N–H and O–H groups in total. The summed E-state index contributed by atoms with van der Waals surface area (Å²) in [6, 6.07) is 20.2. The molecule has 2 aliphatic rings. The third-order valence-electron chi connectivity index (χ3n) is 6.66. The zero-order chi connectivity index (χ0) is 24.7. The molecule has 2 amide bonds. The molecule has 2 aliphatic heterocycles. The van der Waals surface area contributed by atoms with Gasteiger partial charge in [0.25, 0.3) is 5.91 Å². The van der Waals surface area contributed by atoms with Gasteiger partial charge in [-0.15, -0.1) is 0 Å². The van der Waals surface area contributed by atoms with Crippen molar-refractivity contribution in [2.75, 3.05) is 45.9 Å². The first-order valence-corrected chi connectivity index (χ1v) is 12.2. The Hall–Kier alpha value is -3.41. The maximum atomic E-state index is 13.4. The first-order valence-electron chi connectivity index (χ1n) is 12.2. The molecule has 0 bridgehead atoms. The van der Waals surface area contributed by atoms with Gasteiger partial charge in [-0.25, -0.2) is 4.79 Å². The van der Waals surface area contributed by atoms with Gasteiger partial charge in [-0.3, -0.25) is 4.79 Å². The second kappa shape index (κ2) is 11.3. The van der Waals surface area contributed by atoms with Crippen molar-refractivity contribution in [3.63, 3.8) is 0 Å². The first-order chi connectivity index (χ1) is 17.0. The third-order valence-corrected chi connectivity index (χ3v) is 6.66. The number of likely N-dealkylation sites (tertiary alicyclic amines) is 1. The molecule has 2 fully saturated rings. The van der Waals surface area contributed by atoms with Crippen LogP contribution in [0.2, 0.25) is 0 Å². The second-order valence-corrected chi connectivity index (χ2v) is 9.04. The number of hydrogen-bond acceptors (Lipinski definition) is 6. The SMILES string of the molecule is CCN1CCC(C#N)(NC(=O)[C@H](Cc2ccc(-c3ccccc3)cc2)OC(=O)N2CCOCC2)C1. The summed E-state index contributed by atoms with van der Waals surface area (Å²) in [5.41, 5.74) is 2.06. The monoisotopic (exact) mass is 476 g/mol. The van der Waals surface area contributed by atoms with Crippen molar-refractivity contribution in [2.24, 2.45) is 0 Å². The fourth-order valence-electron chi connectivity index (χ4n) is 4.50. The highest BCUT2D eigenvalue weighted by Crippen LogP contribution is 2.23. The topological polar surface area (TPSA) is 94.9 Å². The standard InChI is InChI=1S/C27H32N4O4/c1-2-30-13-12-27(19-28,20-30)29-25(32)24(35-26(33)31-14-16-34-17-15-31)18-21-8-10-23(11-9-21)22-6-4-3-5-7-22/h3-11,24H,2,12-18,20H2,1H3,(H,29,32)/t24-,27?/m0/s1. The number of rotatable bonds is 7. The van der Waals surface area contributed by atoms with Gasteiger partial charge in [-0.2, -0.15) is 5.26 Å². The molecule has 8 nitrogen and oxygen atoms in total. The molecule has 2 aromatic carbocycles. The second-order valence-electron chi connectivity index (χ2n) is 9.04. The van der Waals surface area contributed by atoms with Gasteiger partial charge in [-0.05, 0) is 29.7 Å². The fourth-order valence-corrected chi connectivity index (χ4v) is 4.50. The van der Waals surface area contributed by atoms with E-state index in [-0.39, 0.29) is 6.42 Å². The number of nitrogens with zero attached hydrogens (tertiary/aromatic N) is 3. The minimum absolute atomic E-state index is 0.218. The lowest BCUT2D eigenvalue weighted by atomic mass is 9.98. The summed E-state index contributed by atoms with van der Waals surface area (Å²) >= 11 is 0. The Morgan fingerprint density at radius 3 is 2.40 bits per heavy atom. The zero-order valence-corrected chi connectivity index (χ0v) is 20.1. The van der Waals surface area contributed by atoms with E-state index >= 15 is 0 Å². The predicted molar refractivity (Wildman–Crippen MR) is 131 cm³/mol. The molecule has 2 aromatic rings. The van der Waals surface area contributed by atoms with Crippen LogP contribution >= 0.6 is 0 Å². The molecule has 8 heteroatoms. The zero-order valence-electron chi connectivity index (χ0n) is 20.1. The van der Waals surface area contributed by atoms with Crippen LogP contribution in [0.1, 0.15) is 18.9 Å². The maximum Gasteiger partial charge on any atom is 0.410 e. The Balaban J connectivity index is 1.50. The summed E-state index contributed by atoms with van der Waals surface area (Å²) in [6.45, 7) is 5.77. The highest BCUT2D eigenvalue weighted by Gasteiger charge is 2.41. The first kappa shape index (κ1) is 24.7. The summed E-state index contributed by atoms with van der Waals surface area (Å²) in [7, 11) is 0. The summed E-state index contributed by atoms with van der Waals surface area (Å²) in [4.78, 5) is 29.9. The number of nitriles is 1. The van der Waals surface area contributed by atoms with Crippen LogP contribution in [0.15, 0.2) is 54.6 Å². The van der Waals surface area contributed by atoms with Gasteiger partial charge in [-0.1, -0.05) is 61.5 Å². The molecule has 2 atom stereocenters. The minimum Gasteiger partial charge on any atom is -0.436 e. The molecule has 0 saturated carbocycles. The highest BCUT2D eigenvalue weighted by molar-refractivity contribution is 5.85. The average Bonchev–Trinajstić information content (AvgIpc) is 3.33. The lowest BCUT2D eigenvalue weighted by molar-refractivity contribution is -0.131. The van der Waals surface area contributed by atoms with Crippen molar-refractivity contribution in [1.82, 2.24) is 15.1 Å². The van der Waals surface area contributed by atoms with Gasteiger partial charge >= 0.3 is 6.09 Å².